The molecule has 1 fully saturated rings. The van der Waals surface area contributed by atoms with Gasteiger partial charge in [0.2, 0.25) is 11.9 Å². The topological polar surface area (TPSA) is 92.2 Å². The van der Waals surface area contributed by atoms with Crippen LogP contribution >= 0.6 is 11.6 Å². The number of H-pyrrole nitrogens is 1. The predicted octanol–water partition coefficient (Wildman–Crippen LogP) is 1.90. The minimum atomic E-state index is -0.426. The molecule has 0 aliphatic heterocycles. The van der Waals surface area contributed by atoms with E-state index in [-0.39, 0.29) is 28.6 Å². The van der Waals surface area contributed by atoms with Crippen molar-refractivity contribution >= 4 is 29.2 Å². The number of nitrogens with one attached hydrogen (secondary N) is 2. The summed E-state index contributed by atoms with van der Waals surface area (Å²) in [6.07, 6.45) is 5.14. The summed E-state index contributed by atoms with van der Waals surface area (Å²) in [5.41, 5.74) is -0.0110. The molecule has 1 aliphatic carbocycles. The molecule has 0 aromatic carbocycles. The second-order valence-electron chi connectivity index (χ2n) is 5.35. The summed E-state index contributed by atoms with van der Waals surface area (Å²) in [4.78, 5) is 32.3. The van der Waals surface area contributed by atoms with Crippen molar-refractivity contribution < 1.29 is 4.79 Å². The molecule has 2 aromatic rings. The highest BCUT2D eigenvalue weighted by atomic mass is 35.5. The summed E-state index contributed by atoms with van der Waals surface area (Å²) in [6, 6.07) is 0. The third-order valence-corrected chi connectivity index (χ3v) is 4.26. The van der Waals surface area contributed by atoms with Crippen molar-refractivity contribution in [1.82, 2.24) is 19.6 Å². The largest absolute Gasteiger partial charge is 0.295 e. The van der Waals surface area contributed by atoms with Gasteiger partial charge in [0.25, 0.3) is 11.3 Å². The summed E-state index contributed by atoms with van der Waals surface area (Å²) in [5, 5.41) is 5.48. The predicted molar refractivity (Wildman–Crippen MR) is 78.6 cm³/mol. The molecule has 0 bridgehead atoms. The molecular weight excluding hydrogens is 294 g/mol. The van der Waals surface area contributed by atoms with E-state index in [0.717, 1.165) is 30.2 Å². The smallest absolute Gasteiger partial charge is 0.293 e. The van der Waals surface area contributed by atoms with Crippen LogP contribution in [0.5, 0.6) is 0 Å². The average molecular weight is 310 g/mol. The van der Waals surface area contributed by atoms with Crippen LogP contribution in [0.15, 0.2) is 4.79 Å². The summed E-state index contributed by atoms with van der Waals surface area (Å²) >= 11 is 5.86. The molecule has 0 radical (unpaired) electrons. The van der Waals surface area contributed by atoms with Crippen LogP contribution in [0.2, 0.25) is 5.02 Å². The molecule has 7 nitrogen and oxygen atoms in total. The fraction of sp³-hybridized carbons (Fsp3) is 0.538. The van der Waals surface area contributed by atoms with Crippen molar-refractivity contribution in [3.63, 3.8) is 0 Å². The number of halogens is 1. The molecule has 3 rings (SSSR count). The monoisotopic (exact) mass is 309 g/mol. The Balaban J connectivity index is 1.86. The van der Waals surface area contributed by atoms with Crippen LogP contribution in [0.25, 0.3) is 5.78 Å². The third kappa shape index (κ3) is 2.65. The van der Waals surface area contributed by atoms with Crippen LogP contribution in [-0.4, -0.2) is 25.5 Å². The molecular formula is C13H16ClN5O2. The van der Waals surface area contributed by atoms with Gasteiger partial charge < -0.3 is 0 Å². The van der Waals surface area contributed by atoms with E-state index >= 15 is 0 Å². The molecule has 0 saturated heterocycles. The standard InChI is InChI=1S/C13H16ClN5O2/c1-7-9(14)11(21)19-13(15-7)17-12(18-19)16-10(20)8-5-3-2-4-6-8/h8H,2-6H2,1H3,(H2,15,16,17,18,20). The van der Waals surface area contributed by atoms with Crippen molar-refractivity contribution in [2.24, 2.45) is 5.92 Å². The van der Waals surface area contributed by atoms with Gasteiger partial charge in [0.15, 0.2) is 0 Å². The molecule has 1 aliphatic rings. The van der Waals surface area contributed by atoms with Gasteiger partial charge in [0.05, 0.1) is 5.69 Å². The molecule has 1 saturated carbocycles. The first-order chi connectivity index (χ1) is 10.1. The number of carbonyl (C=O) groups excluding carboxylic acids is 1. The summed E-state index contributed by atoms with van der Waals surface area (Å²) in [5.74, 6) is 0.365. The minimum absolute atomic E-state index is 0.0157. The highest BCUT2D eigenvalue weighted by Gasteiger charge is 2.22. The van der Waals surface area contributed by atoms with Gasteiger partial charge in [-0.2, -0.15) is 9.50 Å². The maximum Gasteiger partial charge on any atom is 0.293 e. The molecule has 1 amide bonds. The first-order valence-corrected chi connectivity index (χ1v) is 7.40. The van der Waals surface area contributed by atoms with Crippen molar-refractivity contribution in [3.05, 3.63) is 21.1 Å². The van der Waals surface area contributed by atoms with Gasteiger partial charge in [0, 0.05) is 5.92 Å². The lowest BCUT2D eigenvalue weighted by atomic mass is 9.89. The van der Waals surface area contributed by atoms with Gasteiger partial charge >= 0.3 is 0 Å². The van der Waals surface area contributed by atoms with Crippen molar-refractivity contribution in [3.8, 4) is 0 Å². The number of hydrogen-bond acceptors (Lipinski definition) is 4. The van der Waals surface area contributed by atoms with Gasteiger partial charge in [0.1, 0.15) is 5.02 Å². The number of nitrogens with zero attached hydrogens (tertiary/aromatic N) is 3. The Morgan fingerprint density at radius 3 is 2.76 bits per heavy atom. The van der Waals surface area contributed by atoms with E-state index in [4.69, 9.17) is 11.6 Å². The van der Waals surface area contributed by atoms with Gasteiger partial charge in [-0.15, -0.1) is 0 Å². The van der Waals surface area contributed by atoms with Gasteiger partial charge in [-0.25, -0.2) is 4.98 Å². The fourth-order valence-electron chi connectivity index (χ4n) is 2.64. The van der Waals surface area contributed by atoms with Crippen molar-refractivity contribution in [1.29, 1.82) is 0 Å². The molecule has 21 heavy (non-hydrogen) atoms. The van der Waals surface area contributed by atoms with Gasteiger partial charge in [-0.05, 0) is 19.8 Å². The third-order valence-electron chi connectivity index (χ3n) is 3.82. The van der Waals surface area contributed by atoms with Crippen LogP contribution in [0.1, 0.15) is 37.8 Å². The number of hydrogen-bond donors (Lipinski definition) is 2. The molecule has 8 heteroatoms. The molecule has 2 heterocycles. The van der Waals surface area contributed by atoms with Crippen LogP contribution in [0, 0.1) is 12.8 Å². The number of fused-ring (bicyclic) bond motifs is 1. The lowest BCUT2D eigenvalue weighted by Gasteiger charge is -2.19. The lowest BCUT2D eigenvalue weighted by molar-refractivity contribution is -0.120. The Kier molecular flexibility index (Phi) is 3.67. The fourth-order valence-corrected chi connectivity index (χ4v) is 2.77. The van der Waals surface area contributed by atoms with E-state index in [0.29, 0.717) is 5.69 Å². The molecule has 0 unspecified atom stereocenters. The highest BCUT2D eigenvalue weighted by Crippen LogP contribution is 2.24. The normalized spacial score (nSPS) is 16.3. The van der Waals surface area contributed by atoms with Gasteiger partial charge in [-0.3, -0.25) is 20.0 Å². The molecule has 2 N–H and O–H groups in total. The zero-order chi connectivity index (χ0) is 15.0. The molecule has 2 aromatic heterocycles. The van der Waals surface area contributed by atoms with Crippen molar-refractivity contribution in [2.45, 2.75) is 39.0 Å². The SMILES string of the molecule is Cc1nc2nc(NC(=O)C3CCCCC3)[nH]n2c(=O)c1Cl. The molecule has 0 atom stereocenters. The number of anilines is 1. The van der Waals surface area contributed by atoms with Crippen LogP contribution in [0.3, 0.4) is 0 Å². The Morgan fingerprint density at radius 2 is 2.05 bits per heavy atom. The Bertz CT molecular complexity index is 745. The number of rotatable bonds is 2. The van der Waals surface area contributed by atoms with Gasteiger partial charge in [-0.1, -0.05) is 30.9 Å². The van der Waals surface area contributed by atoms with Crippen LogP contribution < -0.4 is 10.9 Å². The summed E-state index contributed by atoms with van der Waals surface area (Å²) in [7, 11) is 0. The quantitative estimate of drug-likeness (QED) is 0.886. The van der Waals surface area contributed by atoms with Crippen molar-refractivity contribution in [2.75, 3.05) is 5.32 Å². The second-order valence-corrected chi connectivity index (χ2v) is 5.73. The summed E-state index contributed by atoms with van der Waals surface area (Å²) in [6.45, 7) is 1.64. The zero-order valence-corrected chi connectivity index (χ0v) is 12.4. The number of amides is 1. The van der Waals surface area contributed by atoms with E-state index in [1.807, 2.05) is 0 Å². The maximum atomic E-state index is 12.2. The van der Waals surface area contributed by atoms with Crippen LogP contribution in [-0.2, 0) is 4.79 Å². The van der Waals surface area contributed by atoms with E-state index in [9.17, 15) is 9.59 Å². The van der Waals surface area contributed by atoms with E-state index in [2.05, 4.69) is 20.4 Å². The first kappa shape index (κ1) is 14.1. The number of aryl methyl sites for hydroxylation is 1. The minimum Gasteiger partial charge on any atom is -0.295 e. The Hall–Kier alpha value is -1.89. The second kappa shape index (κ2) is 5.48. The highest BCUT2D eigenvalue weighted by molar-refractivity contribution is 6.31. The van der Waals surface area contributed by atoms with Crippen LogP contribution in [0.4, 0.5) is 5.95 Å². The zero-order valence-electron chi connectivity index (χ0n) is 11.6. The van der Waals surface area contributed by atoms with E-state index in [1.54, 1.807) is 6.92 Å². The summed E-state index contributed by atoms with van der Waals surface area (Å²) < 4.78 is 1.13. The molecule has 112 valence electrons. The molecule has 0 spiro atoms. The first-order valence-electron chi connectivity index (χ1n) is 7.02. The Morgan fingerprint density at radius 1 is 1.33 bits per heavy atom. The number of carbonyl (C=O) groups is 1. The number of aromatic nitrogens is 4. The number of aromatic amines is 1. The Labute approximate surface area is 125 Å². The lowest BCUT2D eigenvalue weighted by Crippen LogP contribution is -2.25. The average Bonchev–Trinajstić information content (AvgIpc) is 2.88. The van der Waals surface area contributed by atoms with E-state index < -0.39 is 5.56 Å². The maximum absolute atomic E-state index is 12.2. The van der Waals surface area contributed by atoms with E-state index in [1.165, 1.54) is 6.42 Å².